The first-order valence-corrected chi connectivity index (χ1v) is 10.1. The lowest BCUT2D eigenvalue weighted by Crippen LogP contribution is -2.33. The van der Waals surface area contributed by atoms with Gasteiger partial charge >= 0.3 is 0 Å². The van der Waals surface area contributed by atoms with Gasteiger partial charge in [-0.15, -0.1) is 0 Å². The van der Waals surface area contributed by atoms with Crippen LogP contribution in [0.25, 0.3) is 0 Å². The summed E-state index contributed by atoms with van der Waals surface area (Å²) in [5.41, 5.74) is 1.20. The van der Waals surface area contributed by atoms with E-state index >= 15 is 0 Å². The van der Waals surface area contributed by atoms with Gasteiger partial charge in [0.15, 0.2) is 0 Å². The monoisotopic (exact) mass is 344 g/mol. The molecule has 0 bridgehead atoms. The van der Waals surface area contributed by atoms with E-state index in [0.29, 0.717) is 5.92 Å². The fourth-order valence-corrected chi connectivity index (χ4v) is 4.53. The minimum Gasteiger partial charge on any atom is -0.354 e. The number of hydrogen-bond acceptors (Lipinski definition) is 3. The minimum atomic E-state index is -0.325. The van der Waals surface area contributed by atoms with Gasteiger partial charge < -0.3 is 10.6 Å². The Morgan fingerprint density at radius 3 is 2.58 bits per heavy atom. The zero-order valence-corrected chi connectivity index (χ0v) is 14.7. The maximum absolute atomic E-state index is 12.6. The molecule has 2 unspecified atom stereocenters. The van der Waals surface area contributed by atoms with Gasteiger partial charge in [0.2, 0.25) is 11.8 Å². The third-order valence-electron chi connectivity index (χ3n) is 5.17. The van der Waals surface area contributed by atoms with Crippen LogP contribution in [0.5, 0.6) is 0 Å². The molecule has 2 fully saturated rings. The Bertz CT molecular complexity index is 637. The molecule has 5 heteroatoms. The van der Waals surface area contributed by atoms with Crippen molar-refractivity contribution in [2.45, 2.75) is 56.7 Å². The molecule has 0 aromatic heterocycles. The molecule has 3 aliphatic carbocycles. The van der Waals surface area contributed by atoms with Gasteiger partial charge in [0.25, 0.3) is 0 Å². The summed E-state index contributed by atoms with van der Waals surface area (Å²) in [6.45, 7) is 0.786. The molecule has 24 heavy (non-hydrogen) atoms. The highest BCUT2D eigenvalue weighted by Crippen LogP contribution is 2.40. The van der Waals surface area contributed by atoms with Gasteiger partial charge in [-0.2, -0.15) is 0 Å². The maximum Gasteiger partial charge on any atom is 0.239 e. The summed E-state index contributed by atoms with van der Waals surface area (Å²) in [6.07, 6.45) is 8.71. The average Bonchev–Trinajstić information content (AvgIpc) is 3.47. The van der Waals surface area contributed by atoms with Crippen molar-refractivity contribution in [2.24, 2.45) is 17.8 Å². The van der Waals surface area contributed by atoms with Crippen LogP contribution in [0.15, 0.2) is 10.5 Å². The van der Waals surface area contributed by atoms with Crippen LogP contribution in [0, 0.1) is 29.6 Å². The number of carbonyl (C=O) groups is 2. The minimum absolute atomic E-state index is 0.0542. The van der Waals surface area contributed by atoms with E-state index in [9.17, 15) is 9.59 Å². The summed E-state index contributed by atoms with van der Waals surface area (Å²) < 4.78 is 0. The Morgan fingerprint density at radius 2 is 1.83 bits per heavy atom. The van der Waals surface area contributed by atoms with Crippen LogP contribution in [-0.4, -0.2) is 23.7 Å². The van der Waals surface area contributed by atoms with E-state index in [-0.39, 0.29) is 29.0 Å². The second-order valence-electron chi connectivity index (χ2n) is 7.35. The van der Waals surface area contributed by atoms with E-state index in [4.69, 9.17) is 0 Å². The Balaban J connectivity index is 1.49. The van der Waals surface area contributed by atoms with E-state index in [1.54, 1.807) is 11.8 Å². The van der Waals surface area contributed by atoms with Crippen LogP contribution in [-0.2, 0) is 9.59 Å². The Hall–Kier alpha value is -1.41. The summed E-state index contributed by atoms with van der Waals surface area (Å²) in [5, 5.41) is 5.94. The zero-order valence-electron chi connectivity index (χ0n) is 13.9. The molecule has 0 saturated heterocycles. The smallest absolute Gasteiger partial charge is 0.239 e. The number of carbonyl (C=O) groups excluding carboxylic acids is 2. The molecule has 2 atom stereocenters. The number of hydrogen-bond donors (Lipinski definition) is 2. The summed E-state index contributed by atoms with van der Waals surface area (Å²) >= 11 is 1.66. The lowest BCUT2D eigenvalue weighted by atomic mass is 9.88. The van der Waals surface area contributed by atoms with Crippen molar-refractivity contribution < 1.29 is 9.59 Å². The molecule has 0 radical (unpaired) electrons. The van der Waals surface area contributed by atoms with Gasteiger partial charge in [-0.1, -0.05) is 23.6 Å². The Kier molecular flexibility index (Phi) is 4.58. The fourth-order valence-electron chi connectivity index (χ4n) is 3.31. The van der Waals surface area contributed by atoms with Crippen LogP contribution in [0.3, 0.4) is 0 Å². The molecule has 4 rings (SSSR count). The normalized spacial score (nSPS) is 29.0. The quantitative estimate of drug-likeness (QED) is 0.754. The van der Waals surface area contributed by atoms with Gasteiger partial charge in [0.1, 0.15) is 11.3 Å². The summed E-state index contributed by atoms with van der Waals surface area (Å²) in [4.78, 5) is 26.0. The van der Waals surface area contributed by atoms with Gasteiger partial charge in [0.05, 0.1) is 0 Å². The van der Waals surface area contributed by atoms with Gasteiger partial charge in [-0.05, 0) is 67.8 Å². The van der Waals surface area contributed by atoms with Crippen LogP contribution in [0.2, 0.25) is 0 Å². The number of allylic oxidation sites excluding steroid dienone is 1. The van der Waals surface area contributed by atoms with Gasteiger partial charge in [-0.3, -0.25) is 9.59 Å². The third-order valence-corrected chi connectivity index (χ3v) is 6.39. The third kappa shape index (κ3) is 3.80. The zero-order chi connectivity index (χ0) is 16.5. The topological polar surface area (TPSA) is 58.2 Å². The van der Waals surface area contributed by atoms with Gasteiger partial charge in [0, 0.05) is 12.5 Å². The van der Waals surface area contributed by atoms with E-state index in [0.717, 1.165) is 45.1 Å². The Labute approximate surface area is 147 Å². The average molecular weight is 344 g/mol. The van der Waals surface area contributed by atoms with E-state index in [1.165, 1.54) is 23.3 Å². The number of thioether (sulfide) groups is 1. The van der Waals surface area contributed by atoms with E-state index in [2.05, 4.69) is 22.5 Å². The molecular formula is C19H24N2O2S. The first-order valence-electron chi connectivity index (χ1n) is 9.18. The van der Waals surface area contributed by atoms with Crippen LogP contribution >= 0.6 is 11.8 Å². The van der Waals surface area contributed by atoms with Crippen molar-refractivity contribution in [3.8, 4) is 11.8 Å². The number of nitrogens with one attached hydrogen (secondary N) is 2. The largest absolute Gasteiger partial charge is 0.354 e. The highest BCUT2D eigenvalue weighted by atomic mass is 32.2. The Morgan fingerprint density at radius 1 is 1.04 bits per heavy atom. The predicted molar refractivity (Wildman–Crippen MR) is 94.7 cm³/mol. The fraction of sp³-hybridized carbons (Fsp3) is 0.684. The van der Waals surface area contributed by atoms with Crippen molar-refractivity contribution in [1.82, 2.24) is 10.6 Å². The molecule has 4 aliphatic rings. The van der Waals surface area contributed by atoms with Crippen molar-refractivity contribution in [3.05, 3.63) is 10.5 Å². The van der Waals surface area contributed by atoms with Crippen molar-refractivity contribution in [1.29, 1.82) is 0 Å². The lowest BCUT2D eigenvalue weighted by molar-refractivity contribution is -0.123. The summed E-state index contributed by atoms with van der Waals surface area (Å²) in [6, 6.07) is 0. The molecule has 1 heterocycles. The molecule has 0 spiro atoms. The van der Waals surface area contributed by atoms with Crippen molar-refractivity contribution >= 4 is 23.6 Å². The second kappa shape index (κ2) is 6.84. The standard InChI is InChI=1S/C19H24N2O2S/c22-18(13-7-8-13)21-17-10-9-15(19(23)20-11-12-5-6-12)14-3-1-2-4-16(14)24-17/h12-13,15,17H,1-8,11H2,(H,20,23)(H,21,22). The predicted octanol–water partition coefficient (Wildman–Crippen LogP) is 2.56. The maximum atomic E-state index is 12.6. The number of amides is 2. The number of rotatable bonds is 5. The van der Waals surface area contributed by atoms with Gasteiger partial charge in [-0.25, -0.2) is 0 Å². The van der Waals surface area contributed by atoms with Crippen molar-refractivity contribution in [3.63, 3.8) is 0 Å². The molecule has 0 aromatic carbocycles. The molecule has 1 aliphatic heterocycles. The molecule has 4 nitrogen and oxygen atoms in total. The molecule has 2 saturated carbocycles. The molecule has 128 valence electrons. The van der Waals surface area contributed by atoms with Crippen molar-refractivity contribution in [2.75, 3.05) is 6.54 Å². The first-order chi connectivity index (χ1) is 11.7. The first kappa shape index (κ1) is 16.1. The molecule has 2 amide bonds. The molecule has 0 aromatic rings. The summed E-state index contributed by atoms with van der Waals surface area (Å²) in [7, 11) is 0. The SMILES string of the molecule is O=C(NC1C#CC(C(=O)NCC2CC2)C2=C(CCCC2)S1)C1CC1. The summed E-state index contributed by atoms with van der Waals surface area (Å²) in [5.74, 6) is 7.06. The highest BCUT2D eigenvalue weighted by Gasteiger charge is 2.34. The van der Waals surface area contributed by atoms with E-state index < -0.39 is 0 Å². The molecule has 2 N–H and O–H groups in total. The highest BCUT2D eigenvalue weighted by molar-refractivity contribution is 8.03. The second-order valence-corrected chi connectivity index (χ2v) is 8.55. The van der Waals surface area contributed by atoms with Crippen LogP contribution < -0.4 is 10.6 Å². The lowest BCUT2D eigenvalue weighted by Gasteiger charge is -2.23. The van der Waals surface area contributed by atoms with Crippen LogP contribution in [0.1, 0.15) is 51.4 Å². The molecular weight excluding hydrogens is 320 g/mol. The van der Waals surface area contributed by atoms with Crippen LogP contribution in [0.4, 0.5) is 0 Å². The van der Waals surface area contributed by atoms with E-state index in [1.807, 2.05) is 0 Å².